The molecule has 0 amide bonds. The van der Waals surface area contributed by atoms with Crippen molar-refractivity contribution >= 4 is 13.6 Å². The van der Waals surface area contributed by atoms with Crippen LogP contribution in [0.4, 0.5) is 0 Å². The second kappa shape index (κ2) is 10.5. The van der Waals surface area contributed by atoms with Gasteiger partial charge in [0.25, 0.3) is 0 Å². The molecule has 0 aliphatic rings. The van der Waals surface area contributed by atoms with Crippen LogP contribution in [0.25, 0.3) is 0 Å². The number of hydrogen-bond donors (Lipinski definition) is 0. The van der Waals surface area contributed by atoms with Gasteiger partial charge in [-0.3, -0.25) is 9.36 Å². The fourth-order valence-electron chi connectivity index (χ4n) is 1.28. The summed E-state index contributed by atoms with van der Waals surface area (Å²) in [5.41, 5.74) is 0. The van der Waals surface area contributed by atoms with E-state index in [0.29, 0.717) is 26.2 Å². The van der Waals surface area contributed by atoms with Crippen molar-refractivity contribution in [2.75, 3.05) is 26.0 Å². The van der Waals surface area contributed by atoms with Gasteiger partial charge in [0.1, 0.15) is 0 Å². The second-order valence-corrected chi connectivity index (χ2v) is 6.09. The predicted octanol–water partition coefficient (Wildman–Crippen LogP) is 3.38. The van der Waals surface area contributed by atoms with Crippen molar-refractivity contribution in [3.05, 3.63) is 0 Å². The smallest absolute Gasteiger partial charge is 0.330 e. The van der Waals surface area contributed by atoms with Crippen LogP contribution in [-0.4, -0.2) is 32.0 Å². The monoisotopic (exact) mass is 280 g/mol. The highest BCUT2D eigenvalue weighted by Crippen LogP contribution is 2.49. The Labute approximate surface area is 110 Å². The molecule has 0 spiro atoms. The van der Waals surface area contributed by atoms with Crippen molar-refractivity contribution in [3.8, 4) is 0 Å². The Kier molecular flexibility index (Phi) is 10.3. The van der Waals surface area contributed by atoms with Crippen molar-refractivity contribution in [2.45, 2.75) is 46.5 Å². The molecule has 0 bridgehead atoms. The minimum atomic E-state index is -3.04. The van der Waals surface area contributed by atoms with Gasteiger partial charge >= 0.3 is 13.6 Å². The van der Waals surface area contributed by atoms with E-state index in [1.807, 2.05) is 13.8 Å². The van der Waals surface area contributed by atoms with Crippen LogP contribution in [0.15, 0.2) is 0 Å². The highest BCUT2D eigenvalue weighted by Gasteiger charge is 2.24. The maximum absolute atomic E-state index is 12.3. The predicted molar refractivity (Wildman–Crippen MR) is 70.8 cm³/mol. The number of carbonyl (C=O) groups is 1. The number of rotatable bonds is 11. The van der Waals surface area contributed by atoms with Crippen LogP contribution in [0.2, 0.25) is 0 Å². The number of carbonyl (C=O) groups excluding carboxylic acids is 1. The Bertz CT molecular complexity index is 255. The Hall–Kier alpha value is -0.380. The lowest BCUT2D eigenvalue weighted by Crippen LogP contribution is -2.07. The molecule has 0 atom stereocenters. The Morgan fingerprint density at radius 1 is 1.06 bits per heavy atom. The molecule has 0 saturated heterocycles. The summed E-state index contributed by atoms with van der Waals surface area (Å²) in [4.78, 5) is 11.2. The summed E-state index contributed by atoms with van der Waals surface area (Å²) in [7, 11) is -3.04. The molecule has 0 aromatic heterocycles. The van der Waals surface area contributed by atoms with Crippen LogP contribution in [0.1, 0.15) is 46.5 Å². The van der Waals surface area contributed by atoms with Crippen LogP contribution < -0.4 is 0 Å². The molecule has 0 radical (unpaired) electrons. The Morgan fingerprint density at radius 2 is 1.61 bits per heavy atom. The molecule has 0 N–H and O–H groups in total. The SMILES string of the molecule is CCCOP(=O)(CCCC(=O)OCC)OCCC. The molecule has 0 heterocycles. The van der Waals surface area contributed by atoms with Crippen LogP contribution in [0.5, 0.6) is 0 Å². The zero-order valence-corrected chi connectivity index (χ0v) is 12.5. The first-order valence-electron chi connectivity index (χ1n) is 6.61. The largest absolute Gasteiger partial charge is 0.466 e. The molecule has 0 fully saturated rings. The third-order valence-corrected chi connectivity index (χ3v) is 4.12. The van der Waals surface area contributed by atoms with Gasteiger partial charge < -0.3 is 13.8 Å². The van der Waals surface area contributed by atoms with Crippen LogP contribution in [0, 0.1) is 0 Å². The molecule has 0 aliphatic heterocycles. The van der Waals surface area contributed by atoms with Gasteiger partial charge in [0.15, 0.2) is 0 Å². The van der Waals surface area contributed by atoms with Gasteiger partial charge in [0.2, 0.25) is 0 Å². The molecule has 0 aromatic carbocycles. The van der Waals surface area contributed by atoms with Crippen molar-refractivity contribution in [1.29, 1.82) is 0 Å². The first kappa shape index (κ1) is 17.6. The minimum Gasteiger partial charge on any atom is -0.466 e. The van der Waals surface area contributed by atoms with Gasteiger partial charge in [-0.25, -0.2) is 0 Å². The molecule has 0 aliphatic carbocycles. The molecule has 6 heteroatoms. The quantitative estimate of drug-likeness (QED) is 0.429. The Morgan fingerprint density at radius 3 is 2.06 bits per heavy atom. The molecule has 0 rings (SSSR count). The van der Waals surface area contributed by atoms with E-state index < -0.39 is 7.60 Å². The van der Waals surface area contributed by atoms with Crippen molar-refractivity contribution < 1.29 is 23.1 Å². The highest BCUT2D eigenvalue weighted by atomic mass is 31.2. The van der Waals surface area contributed by atoms with Gasteiger partial charge in [-0.05, 0) is 26.2 Å². The van der Waals surface area contributed by atoms with Gasteiger partial charge in [-0.15, -0.1) is 0 Å². The molecule has 18 heavy (non-hydrogen) atoms. The second-order valence-electron chi connectivity index (χ2n) is 3.91. The average molecular weight is 280 g/mol. The first-order valence-corrected chi connectivity index (χ1v) is 8.34. The summed E-state index contributed by atoms with van der Waals surface area (Å²) >= 11 is 0. The van der Waals surface area contributed by atoms with Crippen LogP contribution in [-0.2, 0) is 23.1 Å². The molecular weight excluding hydrogens is 255 g/mol. The normalized spacial score (nSPS) is 11.5. The molecular formula is C12H25O5P. The third kappa shape index (κ3) is 8.67. The van der Waals surface area contributed by atoms with Crippen molar-refractivity contribution in [3.63, 3.8) is 0 Å². The highest BCUT2D eigenvalue weighted by molar-refractivity contribution is 7.53. The van der Waals surface area contributed by atoms with Crippen LogP contribution >= 0.6 is 7.60 Å². The molecule has 0 aromatic rings. The van der Waals surface area contributed by atoms with E-state index in [-0.39, 0.29) is 18.6 Å². The van der Waals surface area contributed by atoms with Gasteiger partial charge in [0.05, 0.1) is 26.0 Å². The number of esters is 1. The van der Waals surface area contributed by atoms with Gasteiger partial charge in [-0.1, -0.05) is 13.8 Å². The van der Waals surface area contributed by atoms with Crippen LogP contribution in [0.3, 0.4) is 0 Å². The third-order valence-electron chi connectivity index (χ3n) is 2.10. The topological polar surface area (TPSA) is 61.8 Å². The number of ether oxygens (including phenoxy) is 1. The maximum Gasteiger partial charge on any atom is 0.330 e. The first-order chi connectivity index (χ1) is 8.58. The summed E-state index contributed by atoms with van der Waals surface area (Å²) < 4.78 is 27.7. The zero-order chi connectivity index (χ0) is 13.9. The molecule has 5 nitrogen and oxygen atoms in total. The zero-order valence-electron chi connectivity index (χ0n) is 11.6. The van der Waals surface area contributed by atoms with Gasteiger partial charge in [0, 0.05) is 6.42 Å². The molecule has 0 saturated carbocycles. The summed E-state index contributed by atoms with van der Waals surface area (Å²) in [5.74, 6) is -0.268. The average Bonchev–Trinajstić information content (AvgIpc) is 2.34. The van der Waals surface area contributed by atoms with Gasteiger partial charge in [-0.2, -0.15) is 0 Å². The summed E-state index contributed by atoms with van der Waals surface area (Å²) in [6, 6.07) is 0. The van der Waals surface area contributed by atoms with E-state index in [1.165, 1.54) is 0 Å². The molecule has 0 unspecified atom stereocenters. The van der Waals surface area contributed by atoms with E-state index in [2.05, 4.69) is 0 Å². The van der Waals surface area contributed by atoms with E-state index >= 15 is 0 Å². The van der Waals surface area contributed by atoms with Crippen molar-refractivity contribution in [2.24, 2.45) is 0 Å². The summed E-state index contributed by atoms with van der Waals surface area (Å²) in [6.45, 7) is 6.86. The molecule has 108 valence electrons. The summed E-state index contributed by atoms with van der Waals surface area (Å²) in [6.07, 6.45) is 2.56. The fraction of sp³-hybridized carbons (Fsp3) is 0.917. The van der Waals surface area contributed by atoms with Crippen molar-refractivity contribution in [1.82, 2.24) is 0 Å². The minimum absolute atomic E-state index is 0.253. The maximum atomic E-state index is 12.3. The van der Waals surface area contributed by atoms with E-state index in [1.54, 1.807) is 6.92 Å². The Balaban J connectivity index is 4.07. The van der Waals surface area contributed by atoms with E-state index in [9.17, 15) is 9.36 Å². The lowest BCUT2D eigenvalue weighted by atomic mass is 10.3. The summed E-state index contributed by atoms with van der Waals surface area (Å²) in [5, 5.41) is 0. The van der Waals surface area contributed by atoms with E-state index in [4.69, 9.17) is 13.8 Å². The van der Waals surface area contributed by atoms with E-state index in [0.717, 1.165) is 12.8 Å². The fourth-order valence-corrected chi connectivity index (χ4v) is 3.08. The lowest BCUT2D eigenvalue weighted by Gasteiger charge is -2.17. The number of hydrogen-bond acceptors (Lipinski definition) is 5. The standard InChI is InChI=1S/C12H25O5P/c1-4-9-16-18(14,17-10-5-2)11-7-8-12(13)15-6-3/h4-11H2,1-3H3. The lowest BCUT2D eigenvalue weighted by molar-refractivity contribution is -0.143.